The highest BCUT2D eigenvalue weighted by Crippen LogP contribution is 2.26. The maximum absolute atomic E-state index is 13.8. The molecule has 0 radical (unpaired) electrons. The van der Waals surface area contributed by atoms with Crippen molar-refractivity contribution in [1.82, 2.24) is 0 Å². The zero-order valence-electron chi connectivity index (χ0n) is 11.9. The van der Waals surface area contributed by atoms with Gasteiger partial charge in [-0.1, -0.05) is 6.07 Å². The Morgan fingerprint density at radius 1 is 1.29 bits per heavy atom. The Hall–Kier alpha value is -2.56. The predicted octanol–water partition coefficient (Wildman–Crippen LogP) is 2.85. The van der Waals surface area contributed by atoms with Gasteiger partial charge in [-0.3, -0.25) is 4.79 Å². The van der Waals surface area contributed by atoms with E-state index in [-0.39, 0.29) is 17.9 Å². The number of nitrogens with one attached hydrogen (secondary N) is 1. The number of anilines is 1. The van der Waals surface area contributed by atoms with Gasteiger partial charge in [0.25, 0.3) is 0 Å². The molecule has 0 aromatic heterocycles. The van der Waals surface area contributed by atoms with Gasteiger partial charge in [0.2, 0.25) is 5.91 Å². The second kappa shape index (κ2) is 6.26. The minimum absolute atomic E-state index is 0.229. The maximum Gasteiger partial charge on any atom is 0.248 e. The molecule has 5 heteroatoms. The maximum atomic E-state index is 13.8. The van der Waals surface area contributed by atoms with Crippen LogP contribution in [-0.4, -0.2) is 13.0 Å². The number of benzene rings is 2. The van der Waals surface area contributed by atoms with Gasteiger partial charge in [-0.25, -0.2) is 4.39 Å². The van der Waals surface area contributed by atoms with Gasteiger partial charge in [0.15, 0.2) is 0 Å². The van der Waals surface area contributed by atoms with E-state index in [9.17, 15) is 9.18 Å². The Bertz CT molecular complexity index is 671. The largest absolute Gasteiger partial charge is 0.495 e. The van der Waals surface area contributed by atoms with Crippen LogP contribution in [0.5, 0.6) is 5.75 Å². The van der Waals surface area contributed by atoms with Gasteiger partial charge in [0.1, 0.15) is 11.6 Å². The van der Waals surface area contributed by atoms with Crippen molar-refractivity contribution in [3.05, 3.63) is 58.9 Å². The highest BCUT2D eigenvalue weighted by atomic mass is 19.1. The van der Waals surface area contributed by atoms with Crippen LogP contribution in [0, 0.1) is 12.7 Å². The topological polar surface area (TPSA) is 64.3 Å². The van der Waals surface area contributed by atoms with Crippen LogP contribution in [0.25, 0.3) is 0 Å². The quantitative estimate of drug-likeness (QED) is 0.889. The molecule has 110 valence electrons. The molecular formula is C16H17FN2O2. The van der Waals surface area contributed by atoms with Gasteiger partial charge in [-0.2, -0.15) is 0 Å². The molecule has 4 nitrogen and oxygen atoms in total. The summed E-state index contributed by atoms with van der Waals surface area (Å²) in [4.78, 5) is 11.1. The number of nitrogens with two attached hydrogens (primary N) is 1. The van der Waals surface area contributed by atoms with Crippen molar-refractivity contribution in [2.24, 2.45) is 5.73 Å². The molecule has 2 rings (SSSR count). The number of carbonyl (C=O) groups is 1. The third-order valence-electron chi connectivity index (χ3n) is 3.15. The molecule has 21 heavy (non-hydrogen) atoms. The Morgan fingerprint density at radius 2 is 2.05 bits per heavy atom. The van der Waals surface area contributed by atoms with E-state index in [1.165, 1.54) is 18.2 Å². The number of methoxy groups -OCH3 is 1. The first-order valence-corrected chi connectivity index (χ1v) is 6.48. The molecule has 0 fully saturated rings. The highest BCUT2D eigenvalue weighted by Gasteiger charge is 2.08. The number of primary amides is 1. The lowest BCUT2D eigenvalue weighted by molar-refractivity contribution is 0.1000. The van der Waals surface area contributed by atoms with Gasteiger partial charge in [-0.05, 0) is 42.8 Å². The summed E-state index contributed by atoms with van der Waals surface area (Å²) in [7, 11) is 1.57. The summed E-state index contributed by atoms with van der Waals surface area (Å²) in [5.41, 5.74) is 7.68. The molecule has 2 aromatic rings. The van der Waals surface area contributed by atoms with Gasteiger partial charge >= 0.3 is 0 Å². The van der Waals surface area contributed by atoms with Crippen molar-refractivity contribution in [2.75, 3.05) is 12.4 Å². The minimum atomic E-state index is -0.579. The fourth-order valence-corrected chi connectivity index (χ4v) is 2.01. The normalized spacial score (nSPS) is 10.2. The molecule has 1 amide bonds. The molecule has 0 aliphatic carbocycles. The molecule has 0 atom stereocenters. The first kappa shape index (κ1) is 14.8. The molecule has 0 saturated carbocycles. The minimum Gasteiger partial charge on any atom is -0.495 e. The molecule has 3 N–H and O–H groups in total. The van der Waals surface area contributed by atoms with Gasteiger partial charge in [-0.15, -0.1) is 0 Å². The molecule has 0 aliphatic heterocycles. The average molecular weight is 288 g/mol. The summed E-state index contributed by atoms with van der Waals surface area (Å²) in [6, 6.07) is 9.74. The van der Waals surface area contributed by atoms with E-state index in [2.05, 4.69) is 5.32 Å². The van der Waals surface area contributed by atoms with Crippen LogP contribution in [-0.2, 0) is 6.54 Å². The number of hydrogen-bond acceptors (Lipinski definition) is 3. The van der Waals surface area contributed by atoms with E-state index in [0.29, 0.717) is 11.3 Å². The number of hydrogen-bond donors (Lipinski definition) is 2. The van der Waals surface area contributed by atoms with E-state index in [1.54, 1.807) is 7.11 Å². The van der Waals surface area contributed by atoms with Crippen LogP contribution in [0.3, 0.4) is 0 Å². The summed E-state index contributed by atoms with van der Waals surface area (Å²) >= 11 is 0. The van der Waals surface area contributed by atoms with Crippen LogP contribution < -0.4 is 15.8 Å². The molecular weight excluding hydrogens is 271 g/mol. The van der Waals surface area contributed by atoms with Crippen molar-refractivity contribution in [2.45, 2.75) is 13.5 Å². The number of halogens is 1. The second-order valence-electron chi connectivity index (χ2n) is 4.73. The number of amides is 1. The van der Waals surface area contributed by atoms with Gasteiger partial charge < -0.3 is 15.8 Å². The smallest absolute Gasteiger partial charge is 0.248 e. The zero-order chi connectivity index (χ0) is 15.4. The number of rotatable bonds is 5. The lowest BCUT2D eigenvalue weighted by atomic mass is 10.1. The Balaban J connectivity index is 2.22. The molecule has 0 aliphatic rings. The first-order chi connectivity index (χ1) is 10.0. The Labute approximate surface area is 122 Å². The Morgan fingerprint density at radius 3 is 2.71 bits per heavy atom. The predicted molar refractivity (Wildman–Crippen MR) is 80.0 cm³/mol. The van der Waals surface area contributed by atoms with Gasteiger partial charge in [0, 0.05) is 17.7 Å². The second-order valence-corrected chi connectivity index (χ2v) is 4.73. The van der Waals surface area contributed by atoms with E-state index in [0.717, 1.165) is 11.3 Å². The summed E-state index contributed by atoms with van der Waals surface area (Å²) < 4.78 is 19.0. The lowest BCUT2D eigenvalue weighted by Gasteiger charge is -2.13. The average Bonchev–Trinajstić information content (AvgIpc) is 2.46. The van der Waals surface area contributed by atoms with Crippen LogP contribution in [0.1, 0.15) is 21.5 Å². The number of aryl methyl sites for hydroxylation is 1. The van der Waals surface area contributed by atoms with Crippen molar-refractivity contribution in [1.29, 1.82) is 0 Å². The molecule has 0 bridgehead atoms. The van der Waals surface area contributed by atoms with Crippen molar-refractivity contribution in [3.63, 3.8) is 0 Å². The molecule has 0 heterocycles. The SMILES string of the molecule is COc1ccc(C)cc1NCc1cc(C(N)=O)ccc1F. The van der Waals surface area contributed by atoms with Crippen LogP contribution >= 0.6 is 0 Å². The van der Waals surface area contributed by atoms with E-state index < -0.39 is 5.91 Å². The lowest BCUT2D eigenvalue weighted by Crippen LogP contribution is -2.12. The summed E-state index contributed by atoms with van der Waals surface area (Å²) in [6.45, 7) is 2.19. The van der Waals surface area contributed by atoms with Crippen LogP contribution in [0.4, 0.5) is 10.1 Å². The summed E-state index contributed by atoms with van der Waals surface area (Å²) in [5.74, 6) is -0.296. The van der Waals surface area contributed by atoms with Crippen LogP contribution in [0.2, 0.25) is 0 Å². The van der Waals surface area contributed by atoms with Crippen molar-refractivity contribution in [3.8, 4) is 5.75 Å². The van der Waals surface area contributed by atoms with Gasteiger partial charge in [0.05, 0.1) is 12.8 Å². The molecule has 0 saturated heterocycles. The molecule has 0 spiro atoms. The standard InChI is InChI=1S/C16H17FN2O2/c1-10-3-6-15(21-2)14(7-10)19-9-12-8-11(16(18)20)4-5-13(12)17/h3-8,19H,9H2,1-2H3,(H2,18,20). The van der Waals surface area contributed by atoms with Crippen LogP contribution in [0.15, 0.2) is 36.4 Å². The first-order valence-electron chi connectivity index (χ1n) is 6.48. The van der Waals surface area contributed by atoms with Crippen molar-refractivity contribution < 1.29 is 13.9 Å². The molecule has 2 aromatic carbocycles. The zero-order valence-corrected chi connectivity index (χ0v) is 11.9. The monoisotopic (exact) mass is 288 g/mol. The summed E-state index contributed by atoms with van der Waals surface area (Å²) in [5, 5.41) is 3.11. The summed E-state index contributed by atoms with van der Waals surface area (Å²) in [6.07, 6.45) is 0. The van der Waals surface area contributed by atoms with E-state index in [4.69, 9.17) is 10.5 Å². The van der Waals surface area contributed by atoms with E-state index >= 15 is 0 Å². The number of ether oxygens (including phenoxy) is 1. The number of carbonyl (C=O) groups excluding carboxylic acids is 1. The Kier molecular flexibility index (Phi) is 4.42. The molecule has 0 unspecified atom stereocenters. The third-order valence-corrected chi connectivity index (χ3v) is 3.15. The van der Waals surface area contributed by atoms with E-state index in [1.807, 2.05) is 25.1 Å². The fraction of sp³-hybridized carbons (Fsp3) is 0.188. The highest BCUT2D eigenvalue weighted by molar-refractivity contribution is 5.92. The fourth-order valence-electron chi connectivity index (χ4n) is 2.01. The third kappa shape index (κ3) is 3.51. The van der Waals surface area contributed by atoms with Crippen molar-refractivity contribution >= 4 is 11.6 Å².